The predicted molar refractivity (Wildman–Crippen MR) is 111 cm³/mol. The van der Waals surface area contributed by atoms with Crippen molar-refractivity contribution in [2.24, 2.45) is 0 Å². The maximum absolute atomic E-state index is 12.8. The highest BCUT2D eigenvalue weighted by molar-refractivity contribution is 6.07. The van der Waals surface area contributed by atoms with Gasteiger partial charge >= 0.3 is 6.03 Å². The lowest BCUT2D eigenvalue weighted by Crippen LogP contribution is -2.45. The van der Waals surface area contributed by atoms with Gasteiger partial charge in [0.25, 0.3) is 5.91 Å². The van der Waals surface area contributed by atoms with Gasteiger partial charge in [-0.1, -0.05) is 18.9 Å². The molecule has 1 atom stereocenters. The first kappa shape index (κ1) is 18.6. The molecule has 0 bridgehead atoms. The van der Waals surface area contributed by atoms with Gasteiger partial charge in [-0.05, 0) is 56.8 Å². The Morgan fingerprint density at radius 2 is 2.00 bits per heavy atom. The van der Waals surface area contributed by atoms with Crippen molar-refractivity contribution >= 4 is 23.0 Å². The number of piperidine rings is 1. The lowest BCUT2D eigenvalue weighted by atomic mass is 9.97. The van der Waals surface area contributed by atoms with E-state index >= 15 is 0 Å². The van der Waals surface area contributed by atoms with E-state index in [1.165, 1.54) is 10.5 Å². The highest BCUT2D eigenvalue weighted by Gasteiger charge is 2.52. The van der Waals surface area contributed by atoms with E-state index in [0.29, 0.717) is 12.5 Å². The number of imidazole rings is 1. The van der Waals surface area contributed by atoms with Gasteiger partial charge in [0.2, 0.25) is 0 Å². The molecule has 3 heterocycles. The van der Waals surface area contributed by atoms with E-state index in [2.05, 4.69) is 40.3 Å². The minimum atomic E-state index is -0.603. The van der Waals surface area contributed by atoms with Crippen molar-refractivity contribution in [3.63, 3.8) is 0 Å². The van der Waals surface area contributed by atoms with Crippen LogP contribution in [0.2, 0.25) is 0 Å². The number of hydrogen-bond acceptors (Lipinski definition) is 4. The standard InChI is InChI=1S/C22H29N5O2/c1-15-6-7-17-18(13-15)24-19(23-17)16-5-4-10-26(14-16)11-12-27-20(28)22(25-21(27)29)8-2-3-9-22/h6-7,13,16H,2-5,8-12,14H2,1H3,(H,23,24)(H,25,29)/t16-/m1/s1. The van der Waals surface area contributed by atoms with Crippen molar-refractivity contribution < 1.29 is 9.59 Å². The van der Waals surface area contributed by atoms with E-state index < -0.39 is 5.54 Å². The van der Waals surface area contributed by atoms with Gasteiger partial charge in [-0.15, -0.1) is 0 Å². The molecule has 2 aromatic rings. The lowest BCUT2D eigenvalue weighted by Gasteiger charge is -2.32. The highest BCUT2D eigenvalue weighted by Crippen LogP contribution is 2.35. The summed E-state index contributed by atoms with van der Waals surface area (Å²) >= 11 is 0. The molecule has 1 aromatic heterocycles. The van der Waals surface area contributed by atoms with Gasteiger partial charge in [0, 0.05) is 25.6 Å². The van der Waals surface area contributed by atoms with Crippen LogP contribution in [0.15, 0.2) is 18.2 Å². The van der Waals surface area contributed by atoms with Crippen molar-refractivity contribution in [2.45, 2.75) is 56.9 Å². The van der Waals surface area contributed by atoms with E-state index in [4.69, 9.17) is 4.98 Å². The molecule has 1 saturated carbocycles. The fourth-order valence-electron chi connectivity index (χ4n) is 5.26. The quantitative estimate of drug-likeness (QED) is 0.780. The number of rotatable bonds is 4. The van der Waals surface area contributed by atoms with Gasteiger partial charge in [0.05, 0.1) is 11.0 Å². The van der Waals surface area contributed by atoms with Crippen LogP contribution in [0, 0.1) is 6.92 Å². The third kappa shape index (κ3) is 3.31. The number of urea groups is 1. The fraction of sp³-hybridized carbons (Fsp3) is 0.591. The number of aromatic nitrogens is 2. The van der Waals surface area contributed by atoms with Crippen LogP contribution < -0.4 is 5.32 Å². The van der Waals surface area contributed by atoms with Crippen LogP contribution in [0.1, 0.15) is 55.8 Å². The molecule has 0 unspecified atom stereocenters. The number of nitrogens with one attached hydrogen (secondary N) is 2. The monoisotopic (exact) mass is 395 g/mol. The summed E-state index contributed by atoms with van der Waals surface area (Å²) in [5.74, 6) is 1.40. The Morgan fingerprint density at radius 3 is 2.83 bits per heavy atom. The Bertz CT molecular complexity index is 946. The van der Waals surface area contributed by atoms with E-state index in [0.717, 1.165) is 75.0 Å². The zero-order valence-electron chi connectivity index (χ0n) is 17.0. The van der Waals surface area contributed by atoms with Gasteiger partial charge in [0.1, 0.15) is 11.4 Å². The summed E-state index contributed by atoms with van der Waals surface area (Å²) in [6, 6.07) is 6.10. The average molecular weight is 396 g/mol. The number of nitrogens with zero attached hydrogens (tertiary/aromatic N) is 3. The molecular formula is C22H29N5O2. The van der Waals surface area contributed by atoms with E-state index in [1.807, 2.05) is 0 Å². The first-order chi connectivity index (χ1) is 14.0. The zero-order valence-corrected chi connectivity index (χ0v) is 17.0. The number of H-pyrrole nitrogens is 1. The predicted octanol–water partition coefficient (Wildman–Crippen LogP) is 2.92. The van der Waals surface area contributed by atoms with Crippen molar-refractivity contribution in [3.05, 3.63) is 29.6 Å². The summed E-state index contributed by atoms with van der Waals surface area (Å²) in [6.07, 6.45) is 5.82. The lowest BCUT2D eigenvalue weighted by molar-refractivity contribution is -0.131. The average Bonchev–Trinajstić information content (AvgIpc) is 3.40. The van der Waals surface area contributed by atoms with Gasteiger partial charge in [-0.3, -0.25) is 9.69 Å². The topological polar surface area (TPSA) is 81.3 Å². The van der Waals surface area contributed by atoms with E-state index in [1.54, 1.807) is 0 Å². The second-order valence-corrected chi connectivity index (χ2v) is 8.96. The molecule has 2 aliphatic heterocycles. The number of carbonyl (C=O) groups excluding carboxylic acids is 2. The van der Waals surface area contributed by atoms with Crippen molar-refractivity contribution in [2.75, 3.05) is 26.2 Å². The summed E-state index contributed by atoms with van der Waals surface area (Å²) in [6.45, 7) is 5.20. The van der Waals surface area contributed by atoms with Crippen LogP contribution in [0.25, 0.3) is 11.0 Å². The normalized spacial score (nSPS) is 24.7. The Kier molecular flexibility index (Phi) is 4.57. The first-order valence-corrected chi connectivity index (χ1v) is 10.9. The maximum atomic E-state index is 12.8. The van der Waals surface area contributed by atoms with Crippen LogP contribution in [0.4, 0.5) is 4.79 Å². The summed E-state index contributed by atoms with van der Waals surface area (Å²) in [7, 11) is 0. The van der Waals surface area contributed by atoms with Crippen LogP contribution >= 0.6 is 0 Å². The van der Waals surface area contributed by atoms with Crippen molar-refractivity contribution in [3.8, 4) is 0 Å². The second kappa shape index (κ2) is 7.13. The molecule has 154 valence electrons. The number of carbonyl (C=O) groups is 2. The van der Waals surface area contributed by atoms with Gasteiger partial charge in [-0.2, -0.15) is 0 Å². The van der Waals surface area contributed by atoms with Gasteiger partial charge in [0.15, 0.2) is 0 Å². The molecule has 3 fully saturated rings. The molecule has 29 heavy (non-hydrogen) atoms. The zero-order chi connectivity index (χ0) is 20.0. The number of amides is 3. The Hall–Kier alpha value is -2.41. The number of aryl methyl sites for hydroxylation is 1. The number of fused-ring (bicyclic) bond motifs is 1. The van der Waals surface area contributed by atoms with Crippen molar-refractivity contribution in [1.82, 2.24) is 25.1 Å². The third-order valence-electron chi connectivity index (χ3n) is 6.89. The number of benzene rings is 1. The molecule has 1 spiro atoms. The van der Waals surface area contributed by atoms with E-state index in [-0.39, 0.29) is 11.9 Å². The molecule has 3 aliphatic rings. The largest absolute Gasteiger partial charge is 0.342 e. The molecule has 3 amide bonds. The summed E-state index contributed by atoms with van der Waals surface area (Å²) in [4.78, 5) is 37.4. The Balaban J connectivity index is 1.23. The number of hydrogen-bond donors (Lipinski definition) is 2. The molecule has 1 aromatic carbocycles. The number of aromatic amines is 1. The Labute approximate surface area is 170 Å². The van der Waals surface area contributed by atoms with E-state index in [9.17, 15) is 9.59 Å². The first-order valence-electron chi connectivity index (χ1n) is 10.9. The molecular weight excluding hydrogens is 366 g/mol. The van der Waals surface area contributed by atoms with Crippen LogP contribution in [0.5, 0.6) is 0 Å². The minimum absolute atomic E-state index is 0.0128. The maximum Gasteiger partial charge on any atom is 0.325 e. The van der Waals surface area contributed by atoms with Crippen LogP contribution in [-0.2, 0) is 4.79 Å². The minimum Gasteiger partial charge on any atom is -0.342 e. The molecule has 7 heteroatoms. The van der Waals surface area contributed by atoms with Crippen LogP contribution in [0.3, 0.4) is 0 Å². The summed E-state index contributed by atoms with van der Waals surface area (Å²) < 4.78 is 0. The third-order valence-corrected chi connectivity index (χ3v) is 6.89. The van der Waals surface area contributed by atoms with Gasteiger partial charge in [-0.25, -0.2) is 9.78 Å². The fourth-order valence-corrected chi connectivity index (χ4v) is 5.26. The molecule has 7 nitrogen and oxygen atoms in total. The van der Waals surface area contributed by atoms with Gasteiger partial charge < -0.3 is 15.2 Å². The molecule has 2 saturated heterocycles. The SMILES string of the molecule is Cc1ccc2nc([C@@H]3CCCN(CCN4C(=O)NC5(CCCC5)C4=O)C3)[nH]c2c1. The second-order valence-electron chi connectivity index (χ2n) is 8.96. The smallest absolute Gasteiger partial charge is 0.325 e. The number of likely N-dealkylation sites (tertiary alicyclic amines) is 1. The Morgan fingerprint density at radius 1 is 1.17 bits per heavy atom. The molecule has 2 N–H and O–H groups in total. The molecule has 0 radical (unpaired) electrons. The summed E-state index contributed by atoms with van der Waals surface area (Å²) in [5.41, 5.74) is 2.74. The highest BCUT2D eigenvalue weighted by atomic mass is 16.2. The van der Waals surface area contributed by atoms with Crippen LogP contribution in [-0.4, -0.2) is 63.4 Å². The molecule has 1 aliphatic carbocycles. The molecule has 5 rings (SSSR count). The number of imide groups is 1. The van der Waals surface area contributed by atoms with Crippen molar-refractivity contribution in [1.29, 1.82) is 0 Å². The summed E-state index contributed by atoms with van der Waals surface area (Å²) in [5, 5.41) is 2.97.